The van der Waals surface area contributed by atoms with Crippen LogP contribution in [0.2, 0.25) is 0 Å². The molecule has 1 aliphatic carbocycles. The van der Waals surface area contributed by atoms with Gasteiger partial charge in [0.15, 0.2) is 5.69 Å². The van der Waals surface area contributed by atoms with Gasteiger partial charge in [-0.25, -0.2) is 18.0 Å². The average Bonchev–Trinajstić information content (AvgIpc) is 3.15. The van der Waals surface area contributed by atoms with Gasteiger partial charge in [-0.2, -0.15) is 0 Å². The number of nitrogens with one attached hydrogen (secondary N) is 2. The van der Waals surface area contributed by atoms with Gasteiger partial charge in [0, 0.05) is 23.2 Å². The fourth-order valence-corrected chi connectivity index (χ4v) is 4.56. The highest BCUT2D eigenvalue weighted by Crippen LogP contribution is 2.35. The second kappa shape index (κ2) is 8.76. The molecule has 1 saturated carbocycles. The van der Waals surface area contributed by atoms with Crippen LogP contribution in [0.1, 0.15) is 54.9 Å². The summed E-state index contributed by atoms with van der Waals surface area (Å²) in [6.07, 6.45) is 2.73. The summed E-state index contributed by atoms with van der Waals surface area (Å²) in [4.78, 5) is 15.7. The standard InChI is InChI=1S/C22H25N3O3S/c1-15(2)29(27,28)25-21-9-5-8-20(21)16-10-12-18(13-11-16)24-22(26)17-6-4-7-19(14-17)23-3/h4,6-7,10-15,20-21,25H,5,8-9H2,1-2H3,(H,24,26)/t20-,21-/m1/s1. The lowest BCUT2D eigenvalue weighted by Gasteiger charge is -2.23. The smallest absolute Gasteiger partial charge is 0.254 e. The summed E-state index contributed by atoms with van der Waals surface area (Å²) < 4.78 is 27.3. The number of amides is 1. The summed E-state index contributed by atoms with van der Waals surface area (Å²) in [7, 11) is -3.31. The van der Waals surface area contributed by atoms with E-state index in [1.807, 2.05) is 24.3 Å². The number of hydrogen-bond donors (Lipinski definition) is 2. The molecule has 7 heteroatoms. The number of carbonyl (C=O) groups excluding carboxylic acids is 1. The van der Waals surface area contributed by atoms with Crippen molar-refractivity contribution in [1.82, 2.24) is 4.72 Å². The minimum atomic E-state index is -3.31. The van der Waals surface area contributed by atoms with Crippen molar-refractivity contribution in [3.8, 4) is 0 Å². The molecule has 0 aliphatic heterocycles. The van der Waals surface area contributed by atoms with E-state index in [0.717, 1.165) is 24.8 Å². The third kappa shape index (κ3) is 5.03. The van der Waals surface area contributed by atoms with Gasteiger partial charge in [0.25, 0.3) is 5.91 Å². The molecule has 29 heavy (non-hydrogen) atoms. The van der Waals surface area contributed by atoms with Crippen molar-refractivity contribution < 1.29 is 13.2 Å². The van der Waals surface area contributed by atoms with Gasteiger partial charge in [-0.15, -0.1) is 0 Å². The summed E-state index contributed by atoms with van der Waals surface area (Å²) in [5.41, 5.74) is 2.57. The Morgan fingerprint density at radius 1 is 1.14 bits per heavy atom. The maximum Gasteiger partial charge on any atom is 0.254 e. The highest BCUT2D eigenvalue weighted by Gasteiger charge is 2.32. The highest BCUT2D eigenvalue weighted by atomic mass is 32.2. The van der Waals surface area contributed by atoms with E-state index >= 15 is 0 Å². The quantitative estimate of drug-likeness (QED) is 0.689. The molecule has 0 saturated heterocycles. The molecular formula is C22H25N3O3S. The molecule has 1 aliphatic rings. The van der Waals surface area contributed by atoms with E-state index in [1.165, 1.54) is 0 Å². The Kier molecular flexibility index (Phi) is 6.36. The number of nitrogens with zero attached hydrogens (tertiary/aromatic N) is 1. The van der Waals surface area contributed by atoms with Crippen LogP contribution in [0.15, 0.2) is 48.5 Å². The molecule has 2 aromatic carbocycles. The van der Waals surface area contributed by atoms with Crippen molar-refractivity contribution in [2.24, 2.45) is 0 Å². The lowest BCUT2D eigenvalue weighted by Crippen LogP contribution is -2.40. The summed E-state index contributed by atoms with van der Waals surface area (Å²) in [6, 6.07) is 14.0. The molecular weight excluding hydrogens is 386 g/mol. The van der Waals surface area contributed by atoms with Gasteiger partial charge in [0.1, 0.15) is 0 Å². The summed E-state index contributed by atoms with van der Waals surface area (Å²) >= 11 is 0. The van der Waals surface area contributed by atoms with Crippen molar-refractivity contribution in [2.45, 2.75) is 50.3 Å². The normalized spacial score (nSPS) is 19.1. The van der Waals surface area contributed by atoms with E-state index in [9.17, 15) is 13.2 Å². The van der Waals surface area contributed by atoms with Crippen LogP contribution < -0.4 is 10.0 Å². The van der Waals surface area contributed by atoms with E-state index < -0.39 is 15.3 Å². The van der Waals surface area contributed by atoms with Crippen molar-refractivity contribution in [2.75, 3.05) is 5.32 Å². The van der Waals surface area contributed by atoms with E-state index in [-0.39, 0.29) is 17.9 Å². The van der Waals surface area contributed by atoms with Crippen molar-refractivity contribution in [3.63, 3.8) is 0 Å². The minimum absolute atomic E-state index is 0.0980. The molecule has 0 bridgehead atoms. The molecule has 1 amide bonds. The third-order valence-corrected chi connectivity index (χ3v) is 7.16. The second-order valence-corrected chi connectivity index (χ2v) is 9.86. The molecule has 6 nitrogen and oxygen atoms in total. The predicted molar refractivity (Wildman–Crippen MR) is 115 cm³/mol. The number of sulfonamides is 1. The molecule has 2 atom stereocenters. The molecule has 0 spiro atoms. The summed E-state index contributed by atoms with van der Waals surface area (Å²) in [6.45, 7) is 10.4. The molecule has 1 fully saturated rings. The average molecular weight is 412 g/mol. The first-order valence-corrected chi connectivity index (χ1v) is 11.2. The number of rotatable bonds is 6. The van der Waals surface area contributed by atoms with Crippen LogP contribution >= 0.6 is 0 Å². The summed E-state index contributed by atoms with van der Waals surface area (Å²) in [5.74, 6) is -0.143. The molecule has 2 N–H and O–H groups in total. The zero-order valence-electron chi connectivity index (χ0n) is 16.6. The molecule has 3 rings (SSSR count). The monoisotopic (exact) mass is 411 g/mol. The van der Waals surface area contributed by atoms with Gasteiger partial charge in [-0.3, -0.25) is 4.79 Å². The number of benzene rings is 2. The van der Waals surface area contributed by atoms with Gasteiger partial charge in [0.2, 0.25) is 10.0 Å². The molecule has 0 radical (unpaired) electrons. The third-order valence-electron chi connectivity index (χ3n) is 5.29. The second-order valence-electron chi connectivity index (χ2n) is 7.59. The molecule has 0 aromatic heterocycles. The van der Waals surface area contributed by atoms with E-state index in [1.54, 1.807) is 38.1 Å². The van der Waals surface area contributed by atoms with Gasteiger partial charge in [-0.1, -0.05) is 36.8 Å². The van der Waals surface area contributed by atoms with Crippen LogP contribution in [0, 0.1) is 6.57 Å². The Labute approximate surface area is 172 Å². The Morgan fingerprint density at radius 2 is 1.86 bits per heavy atom. The predicted octanol–water partition coefficient (Wildman–Crippen LogP) is 4.45. The Hall–Kier alpha value is -2.69. The van der Waals surface area contributed by atoms with Crippen LogP contribution in [-0.4, -0.2) is 25.6 Å². The van der Waals surface area contributed by atoms with Crippen LogP contribution in [0.3, 0.4) is 0 Å². The largest absolute Gasteiger partial charge is 0.322 e. The lowest BCUT2D eigenvalue weighted by molar-refractivity contribution is 0.102. The topological polar surface area (TPSA) is 79.6 Å². The number of hydrogen-bond acceptors (Lipinski definition) is 3. The Bertz CT molecular complexity index is 1020. The molecule has 152 valence electrons. The van der Waals surface area contributed by atoms with E-state index in [4.69, 9.17) is 6.57 Å². The molecule has 0 heterocycles. The van der Waals surface area contributed by atoms with Crippen LogP contribution in [-0.2, 0) is 10.0 Å². The SMILES string of the molecule is [C-]#[N+]c1cccc(C(=O)Nc2ccc([C@H]3CCC[C@H]3NS(=O)(=O)C(C)C)cc2)c1. The minimum Gasteiger partial charge on any atom is -0.322 e. The Morgan fingerprint density at radius 3 is 2.52 bits per heavy atom. The lowest BCUT2D eigenvalue weighted by atomic mass is 9.94. The zero-order valence-corrected chi connectivity index (χ0v) is 17.4. The first-order chi connectivity index (χ1) is 13.8. The molecule has 0 unspecified atom stereocenters. The number of anilines is 1. The fourth-order valence-electron chi connectivity index (χ4n) is 3.58. The summed E-state index contributed by atoms with van der Waals surface area (Å²) in [5, 5.41) is 2.38. The maximum atomic E-state index is 12.4. The number of carbonyl (C=O) groups is 1. The van der Waals surface area contributed by atoms with Crippen molar-refractivity contribution in [1.29, 1.82) is 0 Å². The van der Waals surface area contributed by atoms with Crippen LogP contribution in [0.4, 0.5) is 11.4 Å². The van der Waals surface area contributed by atoms with Crippen molar-refractivity contribution >= 4 is 27.3 Å². The van der Waals surface area contributed by atoms with Crippen LogP contribution in [0.25, 0.3) is 4.85 Å². The Balaban J connectivity index is 1.69. The van der Waals surface area contributed by atoms with E-state index in [0.29, 0.717) is 16.9 Å². The van der Waals surface area contributed by atoms with Gasteiger partial charge >= 0.3 is 0 Å². The van der Waals surface area contributed by atoms with E-state index in [2.05, 4.69) is 14.9 Å². The van der Waals surface area contributed by atoms with Crippen LogP contribution in [0.5, 0.6) is 0 Å². The van der Waals surface area contributed by atoms with Gasteiger partial charge in [0.05, 0.1) is 11.8 Å². The first kappa shape index (κ1) is 21.0. The van der Waals surface area contributed by atoms with Crippen molar-refractivity contribution in [3.05, 3.63) is 71.1 Å². The first-order valence-electron chi connectivity index (χ1n) is 9.70. The molecule has 2 aromatic rings. The zero-order chi connectivity index (χ0) is 21.0. The maximum absolute atomic E-state index is 12.4. The van der Waals surface area contributed by atoms with Gasteiger partial charge in [-0.05, 0) is 50.5 Å². The highest BCUT2D eigenvalue weighted by molar-refractivity contribution is 7.90. The van der Waals surface area contributed by atoms with Gasteiger partial charge < -0.3 is 5.32 Å². The fraction of sp³-hybridized carbons (Fsp3) is 0.364.